The number of rotatable bonds is 1. The van der Waals surface area contributed by atoms with E-state index in [2.05, 4.69) is 43.1 Å². The molecule has 0 spiro atoms. The molecule has 6 heteroatoms. The van der Waals surface area contributed by atoms with Gasteiger partial charge in [0.1, 0.15) is 17.6 Å². The van der Waals surface area contributed by atoms with Crippen LogP contribution >= 0.6 is 0 Å². The maximum absolute atomic E-state index is 3.73. The van der Waals surface area contributed by atoms with Gasteiger partial charge in [-0.05, 0) is 11.3 Å². The first kappa shape index (κ1) is 6.71. The minimum atomic E-state index is 0.528. The fourth-order valence-electron chi connectivity index (χ4n) is 0.676. The van der Waals surface area contributed by atoms with Crippen LogP contribution in [0.5, 0.6) is 0 Å². The van der Waals surface area contributed by atoms with Crippen molar-refractivity contribution in [2.45, 2.75) is 0 Å². The Balaban J connectivity index is 2.46. The summed E-state index contributed by atoms with van der Waals surface area (Å²) in [6.07, 6.45) is 6.34. The van der Waals surface area contributed by atoms with Crippen LogP contribution < -0.4 is 0 Å². The van der Waals surface area contributed by atoms with Crippen molar-refractivity contribution in [3.8, 4) is 11.4 Å². The molecule has 2 radical (unpaired) electrons. The first-order valence-corrected chi connectivity index (χ1v) is 3.09. The highest BCUT2D eigenvalue weighted by Crippen LogP contribution is 2.06. The Labute approximate surface area is 67.7 Å². The van der Waals surface area contributed by atoms with Gasteiger partial charge in [-0.15, -0.1) is 20.4 Å². The Morgan fingerprint density at radius 3 is 2.75 bits per heavy atom. The molecule has 12 heavy (non-hydrogen) atoms. The summed E-state index contributed by atoms with van der Waals surface area (Å²) in [6, 6.07) is 1.55. The molecule has 0 saturated carbocycles. The Morgan fingerprint density at radius 2 is 2.08 bits per heavy atom. The molecule has 2 aromatic rings. The highest BCUT2D eigenvalue weighted by Gasteiger charge is 1.99. The molecule has 0 fully saturated rings. The molecule has 0 unspecified atom stereocenters. The van der Waals surface area contributed by atoms with Crippen LogP contribution in [0.15, 0.2) is 12.3 Å². The molecule has 0 amide bonds. The smallest absolute Gasteiger partial charge is 0.221 e. The second-order valence-corrected chi connectivity index (χ2v) is 1.89. The molecule has 2 rings (SSSR count). The SMILES string of the molecule is [c]1cc(-c2cn[c]nn2)nnn1. The maximum atomic E-state index is 3.73. The van der Waals surface area contributed by atoms with Gasteiger partial charge in [-0.1, -0.05) is 0 Å². The molecular formula is C6H2N6. The zero-order valence-corrected chi connectivity index (χ0v) is 5.84. The summed E-state index contributed by atoms with van der Waals surface area (Å²) in [5, 5.41) is 17.7. The van der Waals surface area contributed by atoms with Crippen molar-refractivity contribution in [2.75, 3.05) is 0 Å². The van der Waals surface area contributed by atoms with E-state index >= 15 is 0 Å². The second kappa shape index (κ2) is 2.95. The van der Waals surface area contributed by atoms with Gasteiger partial charge in [0.2, 0.25) is 6.33 Å². The summed E-state index contributed by atoms with van der Waals surface area (Å²) in [4.78, 5) is 3.66. The number of hydrogen-bond acceptors (Lipinski definition) is 6. The van der Waals surface area contributed by atoms with Gasteiger partial charge < -0.3 is 0 Å². The Hall–Kier alpha value is -1.98. The third-order valence-corrected chi connectivity index (χ3v) is 1.17. The standard InChI is InChI=1S/C6H2N6/c1-2-8-12-11-5(1)6-3-7-4-9-10-6/h1,3H. The van der Waals surface area contributed by atoms with Gasteiger partial charge in [0.05, 0.1) is 6.20 Å². The number of hydrogen-bond donors (Lipinski definition) is 0. The molecule has 56 valence electrons. The van der Waals surface area contributed by atoms with Crippen molar-refractivity contribution in [1.29, 1.82) is 0 Å². The second-order valence-electron chi connectivity index (χ2n) is 1.89. The van der Waals surface area contributed by atoms with Crippen LogP contribution in [-0.2, 0) is 0 Å². The lowest BCUT2D eigenvalue weighted by molar-refractivity contribution is 0.854. The largest absolute Gasteiger partial charge is 0.230 e. The van der Waals surface area contributed by atoms with Gasteiger partial charge in [-0.3, -0.25) is 0 Å². The summed E-state index contributed by atoms with van der Waals surface area (Å²) in [6.45, 7) is 0. The van der Waals surface area contributed by atoms with E-state index in [0.717, 1.165) is 0 Å². The monoisotopic (exact) mass is 158 g/mol. The molecule has 0 aliphatic heterocycles. The minimum absolute atomic E-state index is 0.528. The molecule has 6 nitrogen and oxygen atoms in total. The fourth-order valence-corrected chi connectivity index (χ4v) is 0.676. The number of aromatic nitrogens is 6. The maximum Gasteiger partial charge on any atom is 0.221 e. The van der Waals surface area contributed by atoms with Crippen LogP contribution in [0.3, 0.4) is 0 Å². The number of nitrogens with zero attached hydrogens (tertiary/aromatic N) is 6. The third-order valence-electron chi connectivity index (χ3n) is 1.17. The van der Waals surface area contributed by atoms with Crippen molar-refractivity contribution in [2.24, 2.45) is 0 Å². The van der Waals surface area contributed by atoms with Gasteiger partial charge in [0, 0.05) is 0 Å². The molecule has 0 aliphatic carbocycles. The van der Waals surface area contributed by atoms with Crippen LogP contribution in [0.25, 0.3) is 11.4 Å². The quantitative estimate of drug-likeness (QED) is 0.547. The average Bonchev–Trinajstić information content (AvgIpc) is 2.21. The predicted octanol–water partition coefficient (Wildman–Crippen LogP) is -0.676. The van der Waals surface area contributed by atoms with Gasteiger partial charge in [0.15, 0.2) is 0 Å². The first-order chi connectivity index (χ1) is 5.97. The van der Waals surface area contributed by atoms with E-state index in [0.29, 0.717) is 11.4 Å². The molecule has 0 saturated heterocycles. The molecule has 2 heterocycles. The summed E-state index contributed by atoms with van der Waals surface area (Å²) in [5.74, 6) is 0. The zero-order chi connectivity index (χ0) is 8.23. The topological polar surface area (TPSA) is 77.3 Å². The lowest BCUT2D eigenvalue weighted by Crippen LogP contribution is -1.94. The molecule has 0 N–H and O–H groups in total. The average molecular weight is 158 g/mol. The van der Waals surface area contributed by atoms with Gasteiger partial charge >= 0.3 is 0 Å². The van der Waals surface area contributed by atoms with E-state index in [9.17, 15) is 0 Å². The van der Waals surface area contributed by atoms with Crippen LogP contribution in [0, 0.1) is 12.5 Å². The van der Waals surface area contributed by atoms with E-state index in [1.807, 2.05) is 0 Å². The van der Waals surface area contributed by atoms with Crippen LogP contribution in [0.1, 0.15) is 0 Å². The highest BCUT2D eigenvalue weighted by atomic mass is 15.3. The van der Waals surface area contributed by atoms with Crippen molar-refractivity contribution in [1.82, 2.24) is 30.6 Å². The molecule has 2 aromatic heterocycles. The summed E-state index contributed by atoms with van der Waals surface area (Å²) in [7, 11) is 0. The van der Waals surface area contributed by atoms with Crippen molar-refractivity contribution in [3.63, 3.8) is 0 Å². The van der Waals surface area contributed by atoms with Gasteiger partial charge in [-0.25, -0.2) is 4.98 Å². The molecule has 0 aliphatic rings. The van der Waals surface area contributed by atoms with Crippen molar-refractivity contribution >= 4 is 0 Å². The first-order valence-electron chi connectivity index (χ1n) is 3.09. The minimum Gasteiger partial charge on any atom is -0.230 e. The third kappa shape index (κ3) is 1.22. The van der Waals surface area contributed by atoms with E-state index < -0.39 is 0 Å². The fraction of sp³-hybridized carbons (Fsp3) is 0. The molecule has 0 atom stereocenters. The lowest BCUT2D eigenvalue weighted by atomic mass is 10.3. The van der Waals surface area contributed by atoms with Crippen molar-refractivity contribution < 1.29 is 0 Å². The lowest BCUT2D eigenvalue weighted by Gasteiger charge is -1.91. The van der Waals surface area contributed by atoms with Crippen molar-refractivity contribution in [3.05, 3.63) is 24.8 Å². The summed E-state index contributed by atoms with van der Waals surface area (Å²) < 4.78 is 0. The zero-order valence-electron chi connectivity index (χ0n) is 5.84. The Kier molecular flexibility index (Phi) is 1.65. The highest BCUT2D eigenvalue weighted by molar-refractivity contribution is 5.49. The predicted molar refractivity (Wildman–Crippen MR) is 36.3 cm³/mol. The molecule has 0 bridgehead atoms. The Morgan fingerprint density at radius 1 is 1.08 bits per heavy atom. The van der Waals surface area contributed by atoms with Crippen LogP contribution in [0.2, 0.25) is 0 Å². The molecule has 0 aromatic carbocycles. The Bertz CT molecular complexity index is 309. The summed E-state index contributed by atoms with van der Waals surface area (Å²) in [5.41, 5.74) is 1.07. The van der Waals surface area contributed by atoms with Gasteiger partial charge in [-0.2, -0.15) is 0 Å². The normalized spacial score (nSPS) is 9.67. The summed E-state index contributed by atoms with van der Waals surface area (Å²) >= 11 is 0. The van der Waals surface area contributed by atoms with E-state index in [-0.39, 0.29) is 0 Å². The van der Waals surface area contributed by atoms with E-state index in [4.69, 9.17) is 0 Å². The van der Waals surface area contributed by atoms with E-state index in [1.165, 1.54) is 6.20 Å². The van der Waals surface area contributed by atoms with Crippen LogP contribution in [-0.4, -0.2) is 30.6 Å². The van der Waals surface area contributed by atoms with Crippen LogP contribution in [0.4, 0.5) is 0 Å². The molecular weight excluding hydrogens is 156 g/mol. The van der Waals surface area contributed by atoms with Gasteiger partial charge in [0.25, 0.3) is 0 Å². The van der Waals surface area contributed by atoms with E-state index in [1.54, 1.807) is 6.07 Å².